The maximum atomic E-state index is 12.2. The lowest BCUT2D eigenvalue weighted by molar-refractivity contribution is 0.0701. The Morgan fingerprint density at radius 1 is 1.45 bits per heavy atom. The van der Waals surface area contributed by atoms with Crippen molar-refractivity contribution in [3.63, 3.8) is 0 Å². The highest BCUT2D eigenvalue weighted by Gasteiger charge is 2.24. The van der Waals surface area contributed by atoms with E-state index in [1.807, 2.05) is 17.5 Å². The summed E-state index contributed by atoms with van der Waals surface area (Å²) in [6.45, 7) is 3.34. The summed E-state index contributed by atoms with van der Waals surface area (Å²) in [4.78, 5) is 11.9. The number of aromatic carboxylic acids is 1. The van der Waals surface area contributed by atoms with E-state index in [9.17, 15) is 13.2 Å². The molecule has 0 fully saturated rings. The second-order valence-electron chi connectivity index (χ2n) is 4.24. The van der Waals surface area contributed by atoms with Crippen LogP contribution in [0.25, 0.3) is 0 Å². The largest absolute Gasteiger partial charge is 0.477 e. The number of nitrogens with one attached hydrogen (secondary N) is 1. The molecule has 2 N–H and O–H groups in total. The first-order valence-electron chi connectivity index (χ1n) is 5.70. The summed E-state index contributed by atoms with van der Waals surface area (Å²) in [5, 5.41) is 10.8. The third-order valence-electron chi connectivity index (χ3n) is 2.66. The van der Waals surface area contributed by atoms with E-state index < -0.39 is 16.0 Å². The van der Waals surface area contributed by atoms with Gasteiger partial charge < -0.3 is 5.11 Å². The zero-order chi connectivity index (χ0) is 14.9. The van der Waals surface area contributed by atoms with Gasteiger partial charge in [0.25, 0.3) is 10.0 Å². The molecule has 0 aromatic carbocycles. The van der Waals surface area contributed by atoms with Gasteiger partial charge in [0.1, 0.15) is 9.09 Å². The average molecular weight is 331 g/mol. The summed E-state index contributed by atoms with van der Waals surface area (Å²) < 4.78 is 27.1. The predicted molar refractivity (Wildman–Crippen MR) is 79.1 cm³/mol. The van der Waals surface area contributed by atoms with Crippen molar-refractivity contribution in [2.75, 3.05) is 0 Å². The fourth-order valence-electron chi connectivity index (χ4n) is 1.68. The van der Waals surface area contributed by atoms with Crippen LogP contribution in [0.3, 0.4) is 0 Å². The number of hydrogen-bond donors (Lipinski definition) is 2. The normalized spacial score (nSPS) is 13.3. The van der Waals surface area contributed by atoms with Gasteiger partial charge in [-0.3, -0.25) is 0 Å². The van der Waals surface area contributed by atoms with Crippen LogP contribution in [0, 0.1) is 6.92 Å². The first-order valence-corrected chi connectivity index (χ1v) is 8.88. The minimum Gasteiger partial charge on any atom is -0.477 e. The van der Waals surface area contributed by atoms with Crippen molar-refractivity contribution >= 4 is 38.7 Å². The van der Waals surface area contributed by atoms with Gasteiger partial charge in [0, 0.05) is 4.88 Å². The van der Waals surface area contributed by atoms with Crippen LogP contribution in [-0.4, -0.2) is 19.5 Å². The van der Waals surface area contributed by atoms with Crippen molar-refractivity contribution in [3.05, 3.63) is 38.9 Å². The van der Waals surface area contributed by atoms with Crippen molar-refractivity contribution in [1.82, 2.24) is 4.72 Å². The first kappa shape index (κ1) is 15.2. The number of carboxylic acid groups (broad SMARTS) is 1. The van der Waals surface area contributed by atoms with Gasteiger partial charge in [0.2, 0.25) is 0 Å². The van der Waals surface area contributed by atoms with Gasteiger partial charge in [-0.1, -0.05) is 6.07 Å². The van der Waals surface area contributed by atoms with Gasteiger partial charge in [-0.25, -0.2) is 17.9 Å². The van der Waals surface area contributed by atoms with Crippen LogP contribution in [0.4, 0.5) is 0 Å². The Balaban J connectivity index is 2.27. The summed E-state index contributed by atoms with van der Waals surface area (Å²) in [5.41, 5.74) is 0.451. The number of sulfonamides is 1. The molecule has 0 aliphatic carbocycles. The number of thiophene rings is 2. The lowest BCUT2D eigenvalue weighted by atomic mass is 10.3. The fourth-order valence-corrected chi connectivity index (χ4v) is 5.11. The fraction of sp³-hybridized carbons (Fsp3) is 0.250. The number of rotatable bonds is 5. The van der Waals surface area contributed by atoms with Crippen LogP contribution < -0.4 is 4.72 Å². The van der Waals surface area contributed by atoms with E-state index >= 15 is 0 Å². The van der Waals surface area contributed by atoms with Gasteiger partial charge in [0.15, 0.2) is 0 Å². The van der Waals surface area contributed by atoms with E-state index in [4.69, 9.17) is 5.11 Å². The van der Waals surface area contributed by atoms with Crippen molar-refractivity contribution < 1.29 is 18.3 Å². The Morgan fingerprint density at radius 3 is 2.65 bits per heavy atom. The van der Waals surface area contributed by atoms with Crippen molar-refractivity contribution in [2.24, 2.45) is 0 Å². The number of aryl methyl sites for hydroxylation is 1. The van der Waals surface area contributed by atoms with E-state index in [-0.39, 0.29) is 15.1 Å². The molecule has 0 radical (unpaired) electrons. The minimum atomic E-state index is -3.71. The predicted octanol–water partition coefficient (Wildman–Crippen LogP) is 2.86. The molecule has 20 heavy (non-hydrogen) atoms. The molecule has 2 rings (SSSR count). The number of carboxylic acids is 1. The summed E-state index contributed by atoms with van der Waals surface area (Å²) >= 11 is 2.23. The van der Waals surface area contributed by atoms with Gasteiger partial charge in [-0.05, 0) is 36.9 Å². The Labute approximate surface area is 124 Å². The molecule has 0 saturated heterocycles. The minimum absolute atomic E-state index is 0.0239. The Hall–Kier alpha value is -1.22. The summed E-state index contributed by atoms with van der Waals surface area (Å²) in [7, 11) is -3.71. The quantitative estimate of drug-likeness (QED) is 0.882. The third-order valence-corrected chi connectivity index (χ3v) is 6.95. The van der Waals surface area contributed by atoms with Crippen LogP contribution >= 0.6 is 22.7 Å². The van der Waals surface area contributed by atoms with E-state index in [0.717, 1.165) is 16.2 Å². The molecule has 8 heteroatoms. The van der Waals surface area contributed by atoms with E-state index in [0.29, 0.717) is 5.56 Å². The van der Waals surface area contributed by atoms with Crippen LogP contribution in [0.5, 0.6) is 0 Å². The monoisotopic (exact) mass is 331 g/mol. The summed E-state index contributed by atoms with van der Waals surface area (Å²) in [6.07, 6.45) is 0. The SMILES string of the molecule is Cc1cc(S(=O)(=O)N[C@@H](C)c2cccs2)sc1C(=O)O. The highest BCUT2D eigenvalue weighted by Crippen LogP contribution is 2.28. The molecule has 2 aromatic rings. The molecule has 0 bridgehead atoms. The van der Waals surface area contributed by atoms with E-state index in [2.05, 4.69) is 4.72 Å². The van der Waals surface area contributed by atoms with Gasteiger partial charge >= 0.3 is 5.97 Å². The van der Waals surface area contributed by atoms with Crippen LogP contribution in [0.2, 0.25) is 0 Å². The zero-order valence-electron chi connectivity index (χ0n) is 10.8. The summed E-state index contributed by atoms with van der Waals surface area (Å²) in [5.74, 6) is -1.11. The second-order valence-corrected chi connectivity index (χ2v) is 8.21. The van der Waals surface area contributed by atoms with E-state index in [1.165, 1.54) is 17.4 Å². The first-order chi connectivity index (χ1) is 9.31. The molecule has 0 aliphatic heterocycles. The molecule has 0 saturated carbocycles. The lowest BCUT2D eigenvalue weighted by Gasteiger charge is -2.11. The maximum absolute atomic E-state index is 12.2. The number of hydrogen-bond acceptors (Lipinski definition) is 5. The van der Waals surface area contributed by atoms with Crippen molar-refractivity contribution in [2.45, 2.75) is 24.1 Å². The van der Waals surface area contributed by atoms with Crippen molar-refractivity contribution in [3.8, 4) is 0 Å². The van der Waals surface area contributed by atoms with Gasteiger partial charge in [-0.2, -0.15) is 0 Å². The average Bonchev–Trinajstić information content (AvgIpc) is 2.96. The molecule has 0 amide bonds. The molecule has 2 heterocycles. The molecule has 108 valence electrons. The standard InChI is InChI=1S/C12H13NO4S3/c1-7-6-10(19-11(7)12(14)15)20(16,17)13-8(2)9-4-3-5-18-9/h3-6,8,13H,1-2H3,(H,14,15)/t8-/m0/s1. The smallest absolute Gasteiger partial charge is 0.346 e. The third kappa shape index (κ3) is 3.09. The number of carbonyl (C=O) groups is 1. The molecule has 0 spiro atoms. The van der Waals surface area contributed by atoms with Crippen LogP contribution in [-0.2, 0) is 10.0 Å². The molecule has 0 unspecified atom stereocenters. The lowest BCUT2D eigenvalue weighted by Crippen LogP contribution is -2.25. The Kier molecular flexibility index (Phi) is 4.28. The van der Waals surface area contributed by atoms with Gasteiger partial charge in [-0.15, -0.1) is 22.7 Å². The molecular formula is C12H13NO4S3. The highest BCUT2D eigenvalue weighted by molar-refractivity contribution is 7.91. The second kappa shape index (κ2) is 5.65. The molecule has 1 atom stereocenters. The topological polar surface area (TPSA) is 83.5 Å². The van der Waals surface area contributed by atoms with E-state index in [1.54, 1.807) is 13.8 Å². The summed E-state index contributed by atoms with van der Waals surface area (Å²) in [6, 6.07) is 4.73. The zero-order valence-corrected chi connectivity index (χ0v) is 13.2. The van der Waals surface area contributed by atoms with Crippen LogP contribution in [0.15, 0.2) is 27.8 Å². The molecule has 5 nitrogen and oxygen atoms in total. The highest BCUT2D eigenvalue weighted by atomic mass is 32.2. The Bertz CT molecular complexity index is 716. The molecular weight excluding hydrogens is 318 g/mol. The maximum Gasteiger partial charge on any atom is 0.346 e. The van der Waals surface area contributed by atoms with Crippen molar-refractivity contribution in [1.29, 1.82) is 0 Å². The Morgan fingerprint density at radius 2 is 2.15 bits per heavy atom. The molecule has 0 aliphatic rings. The van der Waals surface area contributed by atoms with Crippen LogP contribution in [0.1, 0.15) is 33.1 Å². The molecule has 2 aromatic heterocycles. The van der Waals surface area contributed by atoms with Gasteiger partial charge in [0.05, 0.1) is 6.04 Å².